The molecule has 1 aromatic carbocycles. The number of benzene rings is 1. The van der Waals surface area contributed by atoms with Crippen LogP contribution in [0.1, 0.15) is 23.7 Å². The van der Waals surface area contributed by atoms with E-state index in [9.17, 15) is 4.79 Å². The lowest BCUT2D eigenvalue weighted by Crippen LogP contribution is -2.23. The minimum atomic E-state index is -0.0875. The van der Waals surface area contributed by atoms with Gasteiger partial charge in [-0.05, 0) is 30.7 Å². The predicted octanol–water partition coefficient (Wildman–Crippen LogP) is 2.99. The van der Waals surface area contributed by atoms with Crippen LogP contribution in [0, 0.1) is 0 Å². The number of nitrogens with zero attached hydrogens (tertiary/aromatic N) is 1. The van der Waals surface area contributed by atoms with Crippen LogP contribution in [0.15, 0.2) is 29.3 Å². The normalized spacial score (nSPS) is 16.0. The number of hydrogen-bond acceptors (Lipinski definition) is 4. The Morgan fingerprint density at radius 1 is 1.50 bits per heavy atom. The molecule has 0 radical (unpaired) electrons. The van der Waals surface area contributed by atoms with Gasteiger partial charge >= 0.3 is 0 Å². The van der Waals surface area contributed by atoms with Crippen LogP contribution >= 0.6 is 23.4 Å². The first-order chi connectivity index (χ1) is 8.70. The van der Waals surface area contributed by atoms with Crippen LogP contribution in [0.3, 0.4) is 0 Å². The van der Waals surface area contributed by atoms with E-state index in [-0.39, 0.29) is 11.0 Å². The number of hydrogen-bond donors (Lipinski definition) is 1. The average Bonchev–Trinajstić information content (AvgIpc) is 2.89. The molecule has 1 aliphatic heterocycles. The number of Topliss-reactive ketones (excluding diaryl/α,β-unsaturated/α-hetero) is 1. The molecule has 18 heavy (non-hydrogen) atoms. The highest BCUT2D eigenvalue weighted by molar-refractivity contribution is 8.14. The van der Waals surface area contributed by atoms with Crippen molar-refractivity contribution in [2.45, 2.75) is 18.6 Å². The first-order valence-corrected chi connectivity index (χ1v) is 7.21. The molecular weight excluding hydrogens is 268 g/mol. The number of halogens is 1. The molecule has 0 saturated heterocycles. The monoisotopic (exact) mass is 282 g/mol. The lowest BCUT2D eigenvalue weighted by molar-refractivity contribution is 0.0988. The van der Waals surface area contributed by atoms with E-state index in [0.29, 0.717) is 10.6 Å². The van der Waals surface area contributed by atoms with Gasteiger partial charge in [-0.15, -0.1) is 0 Å². The number of rotatable bonds is 4. The van der Waals surface area contributed by atoms with Gasteiger partial charge in [0.25, 0.3) is 0 Å². The maximum atomic E-state index is 12.3. The summed E-state index contributed by atoms with van der Waals surface area (Å²) in [6.45, 7) is 3.68. The van der Waals surface area contributed by atoms with E-state index in [1.165, 1.54) is 11.8 Å². The van der Waals surface area contributed by atoms with Crippen LogP contribution in [-0.4, -0.2) is 29.3 Å². The van der Waals surface area contributed by atoms with Crippen LogP contribution in [0.5, 0.6) is 0 Å². The molecule has 5 heteroatoms. The fourth-order valence-corrected chi connectivity index (χ4v) is 2.87. The highest BCUT2D eigenvalue weighted by Crippen LogP contribution is 2.22. The molecule has 0 saturated carbocycles. The summed E-state index contributed by atoms with van der Waals surface area (Å²) in [5, 5.41) is 4.62. The minimum absolute atomic E-state index is 0.0875. The Bertz CT molecular complexity index is 459. The number of carbonyl (C=O) groups excluding carboxylic acids is 1. The summed E-state index contributed by atoms with van der Waals surface area (Å²) in [5.41, 5.74) is 0.706. The Kier molecular flexibility index (Phi) is 4.66. The van der Waals surface area contributed by atoms with Crippen molar-refractivity contribution in [1.82, 2.24) is 5.32 Å². The molecule has 0 spiro atoms. The molecule has 0 fully saturated rings. The van der Waals surface area contributed by atoms with Crippen LogP contribution < -0.4 is 5.32 Å². The number of thioether (sulfide) groups is 1. The average molecular weight is 283 g/mol. The van der Waals surface area contributed by atoms with Gasteiger partial charge in [0.15, 0.2) is 11.0 Å². The molecule has 0 aromatic heterocycles. The van der Waals surface area contributed by atoms with Crippen LogP contribution in [0.25, 0.3) is 0 Å². The van der Waals surface area contributed by atoms with E-state index < -0.39 is 0 Å². The van der Waals surface area contributed by atoms with Crippen molar-refractivity contribution in [2.75, 3.05) is 13.1 Å². The third kappa shape index (κ3) is 3.27. The fraction of sp³-hybridized carbons (Fsp3) is 0.385. The second-order valence-corrected chi connectivity index (χ2v) is 5.63. The standard InChI is InChI=1S/C13H15ClN2OS/c1-2-11(18-13-15-7-8-16-13)12(17)9-3-5-10(14)6-4-9/h3-6,11H,2,7-8H2,1H3,(H,15,16). The SMILES string of the molecule is CCC(SC1=NCCN1)C(=O)c1ccc(Cl)cc1. The Hall–Kier alpha value is -1.00. The van der Waals surface area contributed by atoms with Crippen molar-refractivity contribution in [3.05, 3.63) is 34.9 Å². The minimum Gasteiger partial charge on any atom is -0.363 e. The molecule has 0 aliphatic carbocycles. The van der Waals surface area contributed by atoms with E-state index in [1.807, 2.05) is 6.92 Å². The Balaban J connectivity index is 2.07. The summed E-state index contributed by atoms with van der Waals surface area (Å²) in [5.74, 6) is 0.135. The number of amidine groups is 1. The van der Waals surface area contributed by atoms with Crippen molar-refractivity contribution >= 4 is 34.3 Å². The quantitative estimate of drug-likeness (QED) is 0.863. The maximum absolute atomic E-state index is 12.3. The molecule has 0 amide bonds. The zero-order valence-electron chi connectivity index (χ0n) is 10.1. The summed E-state index contributed by atoms with van der Waals surface area (Å²) < 4.78 is 0. The molecule has 1 heterocycles. The summed E-state index contributed by atoms with van der Waals surface area (Å²) in [4.78, 5) is 16.6. The van der Waals surface area contributed by atoms with Gasteiger partial charge in [-0.3, -0.25) is 9.79 Å². The number of ketones is 1. The van der Waals surface area contributed by atoms with Crippen molar-refractivity contribution in [3.8, 4) is 0 Å². The highest BCUT2D eigenvalue weighted by Gasteiger charge is 2.22. The van der Waals surface area contributed by atoms with Crippen molar-refractivity contribution in [1.29, 1.82) is 0 Å². The topological polar surface area (TPSA) is 41.5 Å². The number of aliphatic imine (C=N–C) groups is 1. The van der Waals surface area contributed by atoms with Crippen molar-refractivity contribution in [3.63, 3.8) is 0 Å². The van der Waals surface area contributed by atoms with Crippen LogP contribution in [0.4, 0.5) is 0 Å². The second-order valence-electron chi connectivity index (χ2n) is 4.00. The molecule has 1 N–H and O–H groups in total. The highest BCUT2D eigenvalue weighted by atomic mass is 35.5. The van der Waals surface area contributed by atoms with Crippen molar-refractivity contribution < 1.29 is 4.79 Å². The fourth-order valence-electron chi connectivity index (χ4n) is 1.71. The number of nitrogens with one attached hydrogen (secondary N) is 1. The third-order valence-electron chi connectivity index (χ3n) is 2.69. The van der Waals surface area contributed by atoms with Gasteiger partial charge in [0, 0.05) is 17.1 Å². The maximum Gasteiger partial charge on any atom is 0.176 e. The summed E-state index contributed by atoms with van der Waals surface area (Å²) >= 11 is 7.34. The summed E-state index contributed by atoms with van der Waals surface area (Å²) in [6, 6.07) is 7.05. The molecule has 1 atom stereocenters. The summed E-state index contributed by atoms with van der Waals surface area (Å²) in [7, 11) is 0. The zero-order chi connectivity index (χ0) is 13.0. The number of carbonyl (C=O) groups is 1. The largest absolute Gasteiger partial charge is 0.363 e. The Morgan fingerprint density at radius 2 is 2.22 bits per heavy atom. The molecule has 1 aliphatic rings. The first kappa shape index (κ1) is 13.4. The molecule has 96 valence electrons. The van der Waals surface area contributed by atoms with E-state index in [1.54, 1.807) is 24.3 Å². The lowest BCUT2D eigenvalue weighted by atomic mass is 10.1. The van der Waals surface area contributed by atoms with Crippen molar-refractivity contribution in [2.24, 2.45) is 4.99 Å². The molecule has 1 unspecified atom stereocenters. The molecular formula is C13H15ClN2OS. The van der Waals surface area contributed by atoms with Gasteiger partial charge in [-0.25, -0.2) is 0 Å². The van der Waals surface area contributed by atoms with Crippen LogP contribution in [-0.2, 0) is 0 Å². The van der Waals surface area contributed by atoms with Gasteiger partial charge < -0.3 is 5.32 Å². The van der Waals surface area contributed by atoms with Crippen LogP contribution in [0.2, 0.25) is 5.02 Å². The van der Waals surface area contributed by atoms with E-state index in [0.717, 1.165) is 24.7 Å². The second kappa shape index (κ2) is 6.25. The van der Waals surface area contributed by atoms with Gasteiger partial charge in [0.05, 0.1) is 11.8 Å². The third-order valence-corrected chi connectivity index (χ3v) is 4.27. The van der Waals surface area contributed by atoms with E-state index in [2.05, 4.69) is 10.3 Å². The predicted molar refractivity (Wildman–Crippen MR) is 77.8 cm³/mol. The molecule has 0 bridgehead atoms. The Labute approximate surface area is 116 Å². The van der Waals surface area contributed by atoms with Gasteiger partial charge in [-0.2, -0.15) is 0 Å². The van der Waals surface area contributed by atoms with Gasteiger partial charge in [-0.1, -0.05) is 30.3 Å². The van der Waals surface area contributed by atoms with E-state index in [4.69, 9.17) is 11.6 Å². The first-order valence-electron chi connectivity index (χ1n) is 5.95. The smallest absolute Gasteiger partial charge is 0.176 e. The molecule has 2 rings (SSSR count). The van der Waals surface area contributed by atoms with Gasteiger partial charge in [0.2, 0.25) is 0 Å². The Morgan fingerprint density at radius 3 is 2.78 bits per heavy atom. The van der Waals surface area contributed by atoms with E-state index >= 15 is 0 Å². The molecule has 3 nitrogen and oxygen atoms in total. The zero-order valence-corrected chi connectivity index (χ0v) is 11.7. The molecule has 1 aromatic rings. The van der Waals surface area contributed by atoms with Gasteiger partial charge in [0.1, 0.15) is 0 Å². The lowest BCUT2D eigenvalue weighted by Gasteiger charge is -2.13. The summed E-state index contributed by atoms with van der Waals surface area (Å²) in [6.07, 6.45) is 0.785.